The van der Waals surface area contributed by atoms with Gasteiger partial charge in [0.15, 0.2) is 0 Å². The van der Waals surface area contributed by atoms with E-state index in [2.05, 4.69) is 5.10 Å². The van der Waals surface area contributed by atoms with E-state index in [1.165, 1.54) is 0 Å². The second kappa shape index (κ2) is 4.46. The van der Waals surface area contributed by atoms with Crippen LogP contribution >= 0.6 is 0 Å². The lowest BCUT2D eigenvalue weighted by Gasteiger charge is -2.15. The Hall–Kier alpha value is -1.81. The van der Waals surface area contributed by atoms with Crippen LogP contribution in [0.5, 0.6) is 5.75 Å². The SMILES string of the molecule is Cn1ccc(CC(O)C2COc3ccccc32)n1. The number of fused-ring (bicyclic) bond motifs is 1. The molecule has 0 radical (unpaired) electrons. The number of aliphatic hydroxyl groups excluding tert-OH is 1. The van der Waals surface area contributed by atoms with Crippen molar-refractivity contribution in [3.63, 3.8) is 0 Å². The van der Waals surface area contributed by atoms with Crippen molar-refractivity contribution in [3.8, 4) is 5.75 Å². The van der Waals surface area contributed by atoms with E-state index < -0.39 is 6.10 Å². The third-order valence-electron chi connectivity index (χ3n) is 3.39. The van der Waals surface area contributed by atoms with Crippen molar-refractivity contribution >= 4 is 0 Å². The van der Waals surface area contributed by atoms with E-state index in [1.807, 2.05) is 43.6 Å². The van der Waals surface area contributed by atoms with E-state index in [-0.39, 0.29) is 5.92 Å². The van der Waals surface area contributed by atoms with Crippen molar-refractivity contribution in [1.29, 1.82) is 0 Å². The van der Waals surface area contributed by atoms with Crippen LogP contribution in [0.25, 0.3) is 0 Å². The summed E-state index contributed by atoms with van der Waals surface area (Å²) in [6, 6.07) is 9.84. The average Bonchev–Trinajstić information content (AvgIpc) is 2.95. The molecule has 1 N–H and O–H groups in total. The maximum Gasteiger partial charge on any atom is 0.123 e. The Morgan fingerprint density at radius 1 is 1.44 bits per heavy atom. The largest absolute Gasteiger partial charge is 0.493 e. The summed E-state index contributed by atoms with van der Waals surface area (Å²) < 4.78 is 7.34. The fraction of sp³-hybridized carbons (Fsp3) is 0.357. The standard InChI is InChI=1S/C14H16N2O2/c1-16-7-6-10(15-16)8-13(17)12-9-18-14-5-3-2-4-11(12)14/h2-7,12-13,17H,8-9H2,1H3. The van der Waals surface area contributed by atoms with E-state index in [1.54, 1.807) is 4.68 Å². The number of aromatic nitrogens is 2. The van der Waals surface area contributed by atoms with Gasteiger partial charge < -0.3 is 9.84 Å². The first-order valence-electron chi connectivity index (χ1n) is 6.12. The van der Waals surface area contributed by atoms with Gasteiger partial charge in [0.05, 0.1) is 18.4 Å². The zero-order valence-corrected chi connectivity index (χ0v) is 10.3. The Morgan fingerprint density at radius 2 is 2.28 bits per heavy atom. The van der Waals surface area contributed by atoms with Crippen LogP contribution in [0.2, 0.25) is 0 Å². The van der Waals surface area contributed by atoms with Gasteiger partial charge in [-0.15, -0.1) is 0 Å². The molecule has 1 aromatic heterocycles. The number of para-hydroxylation sites is 1. The molecular formula is C14H16N2O2. The summed E-state index contributed by atoms with van der Waals surface area (Å²) in [5, 5.41) is 14.6. The molecule has 3 rings (SSSR count). The van der Waals surface area contributed by atoms with E-state index in [0.717, 1.165) is 17.0 Å². The van der Waals surface area contributed by atoms with Crippen LogP contribution in [0.15, 0.2) is 36.5 Å². The maximum atomic E-state index is 10.3. The highest BCUT2D eigenvalue weighted by Crippen LogP contribution is 2.36. The van der Waals surface area contributed by atoms with Gasteiger partial charge in [-0.1, -0.05) is 18.2 Å². The molecule has 0 spiro atoms. The molecule has 1 aliphatic rings. The molecule has 18 heavy (non-hydrogen) atoms. The first-order valence-corrected chi connectivity index (χ1v) is 6.12. The molecule has 1 aromatic carbocycles. The number of hydrogen-bond donors (Lipinski definition) is 1. The molecule has 0 fully saturated rings. The van der Waals surface area contributed by atoms with Crippen LogP contribution in [0.3, 0.4) is 0 Å². The third-order valence-corrected chi connectivity index (χ3v) is 3.39. The highest BCUT2D eigenvalue weighted by Gasteiger charge is 2.30. The van der Waals surface area contributed by atoms with Gasteiger partial charge in [0.2, 0.25) is 0 Å². The van der Waals surface area contributed by atoms with Gasteiger partial charge in [-0.3, -0.25) is 4.68 Å². The highest BCUT2D eigenvalue weighted by atomic mass is 16.5. The molecule has 0 aliphatic carbocycles. The predicted octanol–water partition coefficient (Wildman–Crippen LogP) is 1.50. The van der Waals surface area contributed by atoms with Crippen LogP contribution in [-0.4, -0.2) is 27.6 Å². The number of aliphatic hydroxyl groups is 1. The Balaban J connectivity index is 1.76. The maximum absolute atomic E-state index is 10.3. The number of rotatable bonds is 3. The van der Waals surface area contributed by atoms with E-state index in [9.17, 15) is 5.11 Å². The summed E-state index contributed by atoms with van der Waals surface area (Å²) in [5.74, 6) is 0.936. The zero-order valence-electron chi connectivity index (χ0n) is 10.3. The van der Waals surface area contributed by atoms with Gasteiger partial charge in [0.1, 0.15) is 5.75 Å². The quantitative estimate of drug-likeness (QED) is 0.890. The van der Waals surface area contributed by atoms with Gasteiger partial charge in [-0.05, 0) is 12.1 Å². The lowest BCUT2D eigenvalue weighted by molar-refractivity contribution is 0.128. The summed E-state index contributed by atoms with van der Waals surface area (Å²) >= 11 is 0. The van der Waals surface area contributed by atoms with E-state index in [0.29, 0.717) is 13.0 Å². The summed E-state index contributed by atoms with van der Waals surface area (Å²) in [6.07, 6.45) is 1.99. The van der Waals surface area contributed by atoms with Crippen molar-refractivity contribution in [2.45, 2.75) is 18.4 Å². The smallest absolute Gasteiger partial charge is 0.123 e. The molecule has 94 valence electrons. The normalized spacial score (nSPS) is 19.3. The summed E-state index contributed by atoms with van der Waals surface area (Å²) in [6.45, 7) is 0.549. The van der Waals surface area contributed by atoms with E-state index >= 15 is 0 Å². The van der Waals surface area contributed by atoms with Gasteiger partial charge in [0, 0.05) is 31.1 Å². The van der Waals surface area contributed by atoms with Gasteiger partial charge >= 0.3 is 0 Å². The van der Waals surface area contributed by atoms with Crippen molar-refractivity contribution in [3.05, 3.63) is 47.8 Å². The van der Waals surface area contributed by atoms with Gasteiger partial charge in [-0.2, -0.15) is 5.10 Å². The monoisotopic (exact) mass is 244 g/mol. The predicted molar refractivity (Wildman–Crippen MR) is 67.6 cm³/mol. The van der Waals surface area contributed by atoms with E-state index in [4.69, 9.17) is 4.74 Å². The van der Waals surface area contributed by atoms with Crippen LogP contribution in [-0.2, 0) is 13.5 Å². The minimum atomic E-state index is -0.455. The molecule has 2 unspecified atom stereocenters. The van der Waals surface area contributed by atoms with Crippen molar-refractivity contribution in [2.24, 2.45) is 7.05 Å². The summed E-state index contributed by atoms with van der Waals surface area (Å²) in [5.41, 5.74) is 2.01. The van der Waals surface area contributed by atoms with Crippen molar-refractivity contribution in [1.82, 2.24) is 9.78 Å². The molecule has 4 heteroatoms. The molecule has 2 atom stereocenters. The number of aryl methyl sites for hydroxylation is 1. The second-order valence-corrected chi connectivity index (χ2v) is 4.71. The number of ether oxygens (including phenoxy) is 1. The Kier molecular flexibility index (Phi) is 2.80. The Bertz CT molecular complexity index is 550. The summed E-state index contributed by atoms with van der Waals surface area (Å²) in [4.78, 5) is 0. The lowest BCUT2D eigenvalue weighted by atomic mass is 9.93. The minimum Gasteiger partial charge on any atom is -0.493 e. The second-order valence-electron chi connectivity index (χ2n) is 4.71. The summed E-state index contributed by atoms with van der Waals surface area (Å²) in [7, 11) is 1.88. The molecule has 0 bridgehead atoms. The first-order chi connectivity index (χ1) is 8.74. The fourth-order valence-electron chi connectivity index (χ4n) is 2.43. The molecule has 2 aromatic rings. The van der Waals surface area contributed by atoms with Crippen LogP contribution in [0, 0.1) is 0 Å². The molecule has 0 amide bonds. The van der Waals surface area contributed by atoms with Crippen molar-refractivity contribution < 1.29 is 9.84 Å². The number of nitrogens with zero attached hydrogens (tertiary/aromatic N) is 2. The Morgan fingerprint density at radius 3 is 3.06 bits per heavy atom. The molecular weight excluding hydrogens is 228 g/mol. The zero-order chi connectivity index (χ0) is 12.5. The average molecular weight is 244 g/mol. The van der Waals surface area contributed by atoms with Crippen LogP contribution < -0.4 is 4.74 Å². The lowest BCUT2D eigenvalue weighted by Crippen LogP contribution is -2.22. The topological polar surface area (TPSA) is 47.3 Å². The third kappa shape index (κ3) is 1.99. The number of hydrogen-bond acceptors (Lipinski definition) is 3. The fourth-order valence-corrected chi connectivity index (χ4v) is 2.43. The Labute approximate surface area is 106 Å². The molecule has 0 saturated carbocycles. The van der Waals surface area contributed by atoms with Crippen LogP contribution in [0.1, 0.15) is 17.2 Å². The van der Waals surface area contributed by atoms with Crippen LogP contribution in [0.4, 0.5) is 0 Å². The molecule has 0 saturated heterocycles. The first kappa shape index (κ1) is 11.3. The van der Waals surface area contributed by atoms with Gasteiger partial charge in [-0.25, -0.2) is 0 Å². The molecule has 1 aliphatic heterocycles. The molecule has 4 nitrogen and oxygen atoms in total. The molecule has 2 heterocycles. The van der Waals surface area contributed by atoms with Gasteiger partial charge in [0.25, 0.3) is 0 Å². The number of benzene rings is 1. The minimum absolute atomic E-state index is 0.0446. The van der Waals surface area contributed by atoms with Crippen molar-refractivity contribution in [2.75, 3.05) is 6.61 Å². The highest BCUT2D eigenvalue weighted by molar-refractivity contribution is 5.40.